The summed E-state index contributed by atoms with van der Waals surface area (Å²) in [5, 5.41) is 1.92. The van der Waals surface area contributed by atoms with E-state index in [9.17, 15) is 0 Å². The van der Waals surface area contributed by atoms with Gasteiger partial charge in [-0.15, -0.1) is 0 Å². The van der Waals surface area contributed by atoms with Crippen molar-refractivity contribution < 1.29 is 0 Å². The van der Waals surface area contributed by atoms with Crippen LogP contribution in [0.1, 0.15) is 26.7 Å². The molecule has 0 aliphatic rings. The van der Waals surface area contributed by atoms with Crippen LogP contribution < -0.4 is 10.9 Å². The van der Waals surface area contributed by atoms with Gasteiger partial charge in [0.05, 0.1) is 0 Å². The summed E-state index contributed by atoms with van der Waals surface area (Å²) in [4.78, 5) is 0. The van der Waals surface area contributed by atoms with E-state index in [-0.39, 0.29) is 0 Å². The Balaban J connectivity index is 3.00. The molecule has 0 aromatic carbocycles. The van der Waals surface area contributed by atoms with Crippen molar-refractivity contribution >= 4 is 0 Å². The van der Waals surface area contributed by atoms with Gasteiger partial charge in [0.1, 0.15) is 0 Å². The van der Waals surface area contributed by atoms with E-state index in [4.69, 9.17) is 0 Å². The molecule has 0 spiro atoms. The van der Waals surface area contributed by atoms with Gasteiger partial charge in [-0.25, -0.2) is 10.9 Å². The lowest BCUT2D eigenvalue weighted by atomic mass is 10.5. The Bertz CT molecular complexity index is 57.9. The van der Waals surface area contributed by atoms with Gasteiger partial charge in [0.2, 0.25) is 0 Å². The molecule has 0 aliphatic carbocycles. The molecule has 0 saturated carbocycles. The highest BCUT2D eigenvalue weighted by atomic mass is 15.7. The molecule has 0 bridgehead atoms. The predicted octanol–water partition coefficient (Wildman–Crippen LogP) is 0.747. The molecular formula is C7H19N3. The third-order valence-electron chi connectivity index (χ3n) is 1.20. The first-order chi connectivity index (χ1) is 4.81. The van der Waals surface area contributed by atoms with Crippen LogP contribution >= 0.6 is 0 Å². The fraction of sp³-hybridized carbons (Fsp3) is 1.00. The van der Waals surface area contributed by atoms with E-state index in [1.807, 2.05) is 12.2 Å². The summed E-state index contributed by atoms with van der Waals surface area (Å²) in [5.41, 5.74) is 6.38. The second kappa shape index (κ2) is 6.99. The number of rotatable bonds is 6. The Morgan fingerprint density at radius 1 is 1.00 bits per heavy atom. The van der Waals surface area contributed by atoms with Crippen LogP contribution in [0.2, 0.25) is 0 Å². The van der Waals surface area contributed by atoms with Crippen molar-refractivity contribution in [2.75, 3.05) is 20.1 Å². The molecule has 0 aromatic rings. The van der Waals surface area contributed by atoms with Crippen molar-refractivity contribution in [1.82, 2.24) is 16.0 Å². The van der Waals surface area contributed by atoms with Crippen LogP contribution in [0.15, 0.2) is 0 Å². The van der Waals surface area contributed by atoms with E-state index in [2.05, 4.69) is 24.7 Å². The molecular weight excluding hydrogens is 126 g/mol. The Morgan fingerprint density at radius 2 is 1.40 bits per heavy atom. The van der Waals surface area contributed by atoms with Crippen molar-refractivity contribution in [1.29, 1.82) is 0 Å². The highest BCUT2D eigenvalue weighted by molar-refractivity contribution is 4.38. The van der Waals surface area contributed by atoms with Crippen molar-refractivity contribution in [2.24, 2.45) is 0 Å². The molecule has 10 heavy (non-hydrogen) atoms. The zero-order valence-corrected chi connectivity index (χ0v) is 7.28. The average Bonchev–Trinajstić information content (AvgIpc) is 1.97. The lowest BCUT2D eigenvalue weighted by molar-refractivity contribution is 0.155. The minimum atomic E-state index is 1.03. The maximum absolute atomic E-state index is 3.19. The summed E-state index contributed by atoms with van der Waals surface area (Å²) in [6.07, 6.45) is 2.33. The number of nitrogens with one attached hydrogen (secondary N) is 2. The summed E-state index contributed by atoms with van der Waals surface area (Å²) < 4.78 is 0. The first-order valence-electron chi connectivity index (χ1n) is 4.02. The van der Waals surface area contributed by atoms with Crippen molar-refractivity contribution in [3.8, 4) is 0 Å². The first kappa shape index (κ1) is 9.88. The molecule has 0 atom stereocenters. The van der Waals surface area contributed by atoms with E-state index in [0.29, 0.717) is 0 Å². The van der Waals surface area contributed by atoms with E-state index < -0.39 is 0 Å². The molecule has 0 aliphatic heterocycles. The number of hydrogen-bond acceptors (Lipinski definition) is 3. The maximum atomic E-state index is 3.19. The largest absolute Gasteiger partial charge is 0.242 e. The van der Waals surface area contributed by atoms with Crippen molar-refractivity contribution in [2.45, 2.75) is 26.7 Å². The average molecular weight is 145 g/mol. The van der Waals surface area contributed by atoms with E-state index >= 15 is 0 Å². The third-order valence-corrected chi connectivity index (χ3v) is 1.20. The quantitative estimate of drug-likeness (QED) is 0.540. The lowest BCUT2D eigenvalue weighted by Crippen LogP contribution is -2.45. The van der Waals surface area contributed by atoms with Crippen LogP contribution in [-0.2, 0) is 0 Å². The normalized spacial score (nSPS) is 10.8. The summed E-state index contributed by atoms with van der Waals surface area (Å²) in [6.45, 7) is 6.38. The summed E-state index contributed by atoms with van der Waals surface area (Å²) in [7, 11) is 1.99. The van der Waals surface area contributed by atoms with Crippen LogP contribution in [0.5, 0.6) is 0 Å². The van der Waals surface area contributed by atoms with Gasteiger partial charge < -0.3 is 0 Å². The molecule has 0 radical (unpaired) electrons. The molecule has 0 rings (SSSR count). The van der Waals surface area contributed by atoms with Crippen LogP contribution in [0.25, 0.3) is 0 Å². The van der Waals surface area contributed by atoms with Gasteiger partial charge >= 0.3 is 0 Å². The van der Waals surface area contributed by atoms with E-state index in [1.165, 1.54) is 0 Å². The zero-order valence-electron chi connectivity index (χ0n) is 7.28. The second-order valence-electron chi connectivity index (χ2n) is 2.38. The predicted molar refractivity (Wildman–Crippen MR) is 44.4 cm³/mol. The monoisotopic (exact) mass is 145 g/mol. The van der Waals surface area contributed by atoms with Gasteiger partial charge in [-0.05, 0) is 12.8 Å². The standard InChI is InChI=1S/C7H19N3/c1-4-6-8-10(3)9-7-5-2/h8-9H,4-7H2,1-3H3. The summed E-state index contributed by atoms with van der Waals surface area (Å²) >= 11 is 0. The third kappa shape index (κ3) is 6.01. The van der Waals surface area contributed by atoms with Crippen LogP contribution in [0.4, 0.5) is 0 Å². The fourth-order valence-corrected chi connectivity index (χ4v) is 0.615. The molecule has 3 nitrogen and oxygen atoms in total. The van der Waals surface area contributed by atoms with Gasteiger partial charge in [-0.3, -0.25) is 0 Å². The molecule has 0 amide bonds. The zero-order chi connectivity index (χ0) is 7.82. The van der Waals surface area contributed by atoms with Gasteiger partial charge in [-0.1, -0.05) is 13.8 Å². The van der Waals surface area contributed by atoms with Crippen molar-refractivity contribution in [3.05, 3.63) is 0 Å². The molecule has 0 saturated heterocycles. The molecule has 2 N–H and O–H groups in total. The Hall–Kier alpha value is -0.120. The van der Waals surface area contributed by atoms with Gasteiger partial charge in [0, 0.05) is 20.1 Å². The Labute approximate surface area is 63.7 Å². The minimum Gasteiger partial charge on any atom is -0.242 e. The Kier molecular flexibility index (Phi) is 6.91. The summed E-state index contributed by atoms with van der Waals surface area (Å²) in [5.74, 6) is 0. The van der Waals surface area contributed by atoms with Crippen LogP contribution in [0, 0.1) is 0 Å². The second-order valence-corrected chi connectivity index (χ2v) is 2.38. The Morgan fingerprint density at radius 3 is 1.70 bits per heavy atom. The highest BCUT2D eigenvalue weighted by Crippen LogP contribution is 1.74. The topological polar surface area (TPSA) is 27.3 Å². The van der Waals surface area contributed by atoms with E-state index in [1.54, 1.807) is 0 Å². The van der Waals surface area contributed by atoms with Gasteiger partial charge in [0.25, 0.3) is 0 Å². The molecule has 0 fully saturated rings. The molecule has 0 heterocycles. The SMILES string of the molecule is CCCNN(C)NCCC. The lowest BCUT2D eigenvalue weighted by Gasteiger charge is -2.17. The molecule has 62 valence electrons. The first-order valence-corrected chi connectivity index (χ1v) is 4.02. The van der Waals surface area contributed by atoms with Crippen molar-refractivity contribution in [3.63, 3.8) is 0 Å². The van der Waals surface area contributed by atoms with E-state index in [0.717, 1.165) is 25.9 Å². The van der Waals surface area contributed by atoms with Gasteiger partial charge in [-0.2, -0.15) is 5.12 Å². The van der Waals surface area contributed by atoms with Gasteiger partial charge in [0.15, 0.2) is 0 Å². The summed E-state index contributed by atoms with van der Waals surface area (Å²) in [6, 6.07) is 0. The minimum absolute atomic E-state index is 1.03. The highest BCUT2D eigenvalue weighted by Gasteiger charge is 1.90. The fourth-order valence-electron chi connectivity index (χ4n) is 0.615. The number of hydrogen-bond donors (Lipinski definition) is 2. The molecule has 3 heteroatoms. The molecule has 0 unspecified atom stereocenters. The number of nitrogens with zero attached hydrogens (tertiary/aromatic N) is 1. The van der Waals surface area contributed by atoms with Crippen LogP contribution in [0.3, 0.4) is 0 Å². The smallest absolute Gasteiger partial charge is 0.0174 e. The number of hydrazine groups is 2. The van der Waals surface area contributed by atoms with Crippen LogP contribution in [-0.4, -0.2) is 25.3 Å². The maximum Gasteiger partial charge on any atom is 0.0174 e. The molecule has 0 aromatic heterocycles.